The van der Waals surface area contributed by atoms with E-state index < -0.39 is 0 Å². The highest BCUT2D eigenvalue weighted by Crippen LogP contribution is 2.63. The largest absolute Gasteiger partial charge is 0.393 e. The first kappa shape index (κ1) is 25.5. The first-order valence-corrected chi connectivity index (χ1v) is 14.6. The van der Waals surface area contributed by atoms with E-state index in [1.54, 1.807) is 11.8 Å². The second kappa shape index (κ2) is 9.78. The highest BCUT2D eigenvalue weighted by molar-refractivity contribution is 5.94. The van der Waals surface area contributed by atoms with Crippen molar-refractivity contribution in [3.63, 3.8) is 0 Å². The minimum atomic E-state index is -0.276. The van der Waals surface area contributed by atoms with Crippen molar-refractivity contribution in [3.8, 4) is 0 Å². The average molecular weight is 517 g/mol. The fraction of sp³-hybridized carbons (Fsp3) is 0.594. The molecule has 0 radical (unpaired) electrons. The molecule has 5 atom stereocenters. The lowest BCUT2D eigenvalue weighted by Crippen LogP contribution is -2.50. The Morgan fingerprint density at radius 3 is 2.37 bits per heavy atom. The molecule has 2 amide bonds. The van der Waals surface area contributed by atoms with Crippen LogP contribution in [0.1, 0.15) is 87.1 Å². The van der Waals surface area contributed by atoms with Gasteiger partial charge in [0.15, 0.2) is 5.78 Å². The zero-order chi connectivity index (χ0) is 26.6. The number of fused-ring (bicyclic) bond motifs is 4. The quantitative estimate of drug-likeness (QED) is 0.621. The number of benzene rings is 1. The van der Waals surface area contributed by atoms with Crippen molar-refractivity contribution < 1.29 is 19.5 Å². The minimum absolute atomic E-state index is 0.0204. The van der Waals surface area contributed by atoms with E-state index in [9.17, 15) is 19.5 Å². The maximum absolute atomic E-state index is 13.2. The molecular formula is C32H40N2O4. The van der Waals surface area contributed by atoms with Gasteiger partial charge in [0.1, 0.15) is 0 Å². The normalized spacial score (nSPS) is 33.2. The number of aliphatic hydroxyl groups excluding tert-OH is 1. The van der Waals surface area contributed by atoms with Gasteiger partial charge in [-0.25, -0.2) is 0 Å². The molecule has 2 saturated carbocycles. The van der Waals surface area contributed by atoms with Gasteiger partial charge in [-0.1, -0.05) is 24.6 Å². The monoisotopic (exact) mass is 516 g/mol. The van der Waals surface area contributed by atoms with Crippen LogP contribution < -0.4 is 0 Å². The van der Waals surface area contributed by atoms with E-state index in [0.717, 1.165) is 44.9 Å². The summed E-state index contributed by atoms with van der Waals surface area (Å²) < 4.78 is 0. The third kappa shape index (κ3) is 4.25. The van der Waals surface area contributed by atoms with Crippen LogP contribution in [0, 0.1) is 17.3 Å². The molecule has 0 bridgehead atoms. The average Bonchev–Trinajstić information content (AvgIpc) is 3.10. The van der Waals surface area contributed by atoms with E-state index >= 15 is 0 Å². The number of hydrogen-bond donors (Lipinski definition) is 1. The molecular weight excluding hydrogens is 476 g/mol. The summed E-state index contributed by atoms with van der Waals surface area (Å²) in [4.78, 5) is 40.8. The zero-order valence-electron chi connectivity index (χ0n) is 22.7. The molecule has 0 aromatic heterocycles. The van der Waals surface area contributed by atoms with Gasteiger partial charge < -0.3 is 14.9 Å². The molecule has 1 heterocycles. The summed E-state index contributed by atoms with van der Waals surface area (Å²) in [5.41, 5.74) is 5.99. The smallest absolute Gasteiger partial charge is 0.253 e. The van der Waals surface area contributed by atoms with Gasteiger partial charge in [0, 0.05) is 51.0 Å². The van der Waals surface area contributed by atoms with Gasteiger partial charge in [-0.3, -0.25) is 14.4 Å². The van der Waals surface area contributed by atoms with Gasteiger partial charge in [-0.05, 0) is 97.1 Å². The number of piperazine rings is 1. The molecule has 1 N–H and O–H groups in total. The van der Waals surface area contributed by atoms with E-state index in [0.29, 0.717) is 50.0 Å². The summed E-state index contributed by atoms with van der Waals surface area (Å²) >= 11 is 0. The van der Waals surface area contributed by atoms with Gasteiger partial charge in [-0.15, -0.1) is 0 Å². The molecule has 1 aliphatic heterocycles. The number of rotatable bonds is 2. The molecule has 202 valence electrons. The van der Waals surface area contributed by atoms with Crippen LogP contribution in [0.15, 0.2) is 47.1 Å². The van der Waals surface area contributed by atoms with Gasteiger partial charge in [0.2, 0.25) is 5.91 Å². The number of amides is 2. The number of nitrogens with zero attached hydrogens (tertiary/aromatic N) is 2. The summed E-state index contributed by atoms with van der Waals surface area (Å²) in [6, 6.07) is 8.18. The van der Waals surface area contributed by atoms with Gasteiger partial charge in [-0.2, -0.15) is 0 Å². The molecule has 6 nitrogen and oxygen atoms in total. The van der Waals surface area contributed by atoms with Gasteiger partial charge >= 0.3 is 0 Å². The molecule has 3 fully saturated rings. The maximum atomic E-state index is 13.2. The van der Waals surface area contributed by atoms with Crippen molar-refractivity contribution >= 4 is 17.6 Å². The Kier molecular flexibility index (Phi) is 6.58. The van der Waals surface area contributed by atoms with Crippen LogP contribution in [0.3, 0.4) is 0 Å². The fourth-order valence-corrected chi connectivity index (χ4v) is 8.40. The van der Waals surface area contributed by atoms with Crippen LogP contribution in [0.25, 0.3) is 0 Å². The predicted octanol–water partition coefficient (Wildman–Crippen LogP) is 4.64. The first-order chi connectivity index (χ1) is 18.3. The zero-order valence-corrected chi connectivity index (χ0v) is 22.7. The number of carbonyl (C=O) groups is 3. The lowest BCUT2D eigenvalue weighted by Gasteiger charge is -2.49. The summed E-state index contributed by atoms with van der Waals surface area (Å²) in [7, 11) is 0. The number of hydrogen-bond acceptors (Lipinski definition) is 4. The topological polar surface area (TPSA) is 77.9 Å². The lowest BCUT2D eigenvalue weighted by molar-refractivity contribution is -0.130. The SMILES string of the molecule is CC(=O)N1CCN(C(=O)c2ccc(C3CC4(C)C(O)CCC4C4CCCC5=CC(=O)CCC5=C34)cc2)CC1. The lowest BCUT2D eigenvalue weighted by atomic mass is 9.55. The minimum Gasteiger partial charge on any atom is -0.393 e. The second-order valence-electron chi connectivity index (χ2n) is 12.5. The van der Waals surface area contributed by atoms with Crippen molar-refractivity contribution in [1.29, 1.82) is 0 Å². The summed E-state index contributed by atoms with van der Waals surface area (Å²) in [5, 5.41) is 11.1. The number of aliphatic hydroxyl groups is 1. The van der Waals surface area contributed by atoms with Gasteiger partial charge in [0.25, 0.3) is 5.91 Å². The third-order valence-electron chi connectivity index (χ3n) is 10.5. The van der Waals surface area contributed by atoms with Crippen LogP contribution >= 0.6 is 0 Å². The maximum Gasteiger partial charge on any atom is 0.253 e. The van der Waals surface area contributed by atoms with Crippen LogP contribution in [0.4, 0.5) is 0 Å². The highest BCUT2D eigenvalue weighted by atomic mass is 16.3. The molecule has 1 saturated heterocycles. The van der Waals surface area contributed by atoms with Crippen molar-refractivity contribution in [2.75, 3.05) is 26.2 Å². The Labute approximate surface area is 225 Å². The van der Waals surface area contributed by atoms with Crippen molar-refractivity contribution in [2.24, 2.45) is 17.3 Å². The van der Waals surface area contributed by atoms with Crippen LogP contribution in [-0.2, 0) is 9.59 Å². The molecule has 38 heavy (non-hydrogen) atoms. The van der Waals surface area contributed by atoms with E-state index in [1.807, 2.05) is 23.1 Å². The second-order valence-corrected chi connectivity index (χ2v) is 12.5. The van der Waals surface area contributed by atoms with Gasteiger partial charge in [0.05, 0.1) is 6.10 Å². The molecule has 1 aromatic carbocycles. The standard InChI is InChI=1S/C32H40N2O4/c1-20(35)33-14-16-34(17-15-33)31(38)22-8-6-21(7-9-22)27-19-32(2)28(12-13-29(32)37)26-5-3-4-23-18-24(36)10-11-25(23)30(26)27/h6-9,18,26-29,37H,3-5,10-17,19H2,1-2H3. The van der Waals surface area contributed by atoms with E-state index in [-0.39, 0.29) is 35.0 Å². The number of ketones is 1. The molecule has 5 aliphatic rings. The molecule has 0 spiro atoms. The van der Waals surface area contributed by atoms with Crippen LogP contribution in [-0.4, -0.2) is 64.8 Å². The molecule has 5 unspecified atom stereocenters. The van der Waals surface area contributed by atoms with Crippen molar-refractivity contribution in [2.45, 2.75) is 77.2 Å². The van der Waals surface area contributed by atoms with E-state index in [2.05, 4.69) is 19.1 Å². The van der Waals surface area contributed by atoms with Crippen LogP contribution in [0.2, 0.25) is 0 Å². The third-order valence-corrected chi connectivity index (χ3v) is 10.5. The Hall–Kier alpha value is -2.73. The molecule has 4 aliphatic carbocycles. The molecule has 6 heteroatoms. The van der Waals surface area contributed by atoms with E-state index in [1.165, 1.54) is 22.3 Å². The van der Waals surface area contributed by atoms with Crippen molar-refractivity contribution in [3.05, 3.63) is 58.2 Å². The Morgan fingerprint density at radius 2 is 1.66 bits per heavy atom. The highest BCUT2D eigenvalue weighted by Gasteiger charge is 2.55. The Balaban J connectivity index is 1.33. The predicted molar refractivity (Wildman–Crippen MR) is 145 cm³/mol. The van der Waals surface area contributed by atoms with Crippen LogP contribution in [0.5, 0.6) is 0 Å². The fourth-order valence-electron chi connectivity index (χ4n) is 8.40. The number of allylic oxidation sites excluding steroid dienone is 4. The summed E-state index contributed by atoms with van der Waals surface area (Å²) in [5.74, 6) is 1.47. The number of carbonyl (C=O) groups excluding carboxylic acids is 3. The summed E-state index contributed by atoms with van der Waals surface area (Å²) in [6.07, 6.45) is 9.12. The Bertz CT molecular complexity index is 1210. The summed E-state index contributed by atoms with van der Waals surface area (Å²) in [6.45, 7) is 6.17. The molecule has 1 aromatic rings. The van der Waals surface area contributed by atoms with E-state index in [4.69, 9.17) is 0 Å². The van der Waals surface area contributed by atoms with Crippen molar-refractivity contribution in [1.82, 2.24) is 9.80 Å². The molecule has 6 rings (SSSR count). The first-order valence-electron chi connectivity index (χ1n) is 14.6. The Morgan fingerprint density at radius 1 is 0.947 bits per heavy atom.